The average Bonchev–Trinajstić information content (AvgIpc) is 2.66. The van der Waals surface area contributed by atoms with Gasteiger partial charge in [-0.1, -0.05) is 12.1 Å². The first kappa shape index (κ1) is 17.9. The van der Waals surface area contributed by atoms with Gasteiger partial charge in [0.05, 0.1) is 12.6 Å². The lowest BCUT2D eigenvalue weighted by Gasteiger charge is -2.35. The summed E-state index contributed by atoms with van der Waals surface area (Å²) in [4.78, 5) is 29.5. The number of nitrogens with zero attached hydrogens (tertiary/aromatic N) is 2. The summed E-state index contributed by atoms with van der Waals surface area (Å²) in [6.45, 7) is 2.48. The zero-order valence-electron chi connectivity index (χ0n) is 14.4. The van der Waals surface area contributed by atoms with Crippen molar-refractivity contribution >= 4 is 11.9 Å². The molecule has 0 saturated carbocycles. The van der Waals surface area contributed by atoms with E-state index in [1.54, 1.807) is 43.6 Å². The van der Waals surface area contributed by atoms with E-state index in [0.717, 1.165) is 5.56 Å². The van der Waals surface area contributed by atoms with Crippen LogP contribution in [0.2, 0.25) is 0 Å². The third kappa shape index (κ3) is 4.37. The van der Waals surface area contributed by atoms with Gasteiger partial charge < -0.3 is 19.5 Å². The lowest BCUT2D eigenvalue weighted by molar-refractivity contribution is -0.160. The molecule has 7 nitrogen and oxygen atoms in total. The Kier molecular flexibility index (Phi) is 5.48. The molecule has 26 heavy (non-hydrogen) atoms. The van der Waals surface area contributed by atoms with Crippen molar-refractivity contribution in [2.24, 2.45) is 0 Å². The zero-order chi connectivity index (χ0) is 18.5. The van der Waals surface area contributed by atoms with Crippen molar-refractivity contribution in [1.82, 2.24) is 9.88 Å². The minimum atomic E-state index is -1.07. The van der Waals surface area contributed by atoms with Gasteiger partial charge in [0, 0.05) is 30.1 Å². The summed E-state index contributed by atoms with van der Waals surface area (Å²) in [5, 5.41) is 9.16. The second-order valence-electron chi connectivity index (χ2n) is 6.16. The van der Waals surface area contributed by atoms with Crippen LogP contribution >= 0.6 is 0 Å². The Balaban J connectivity index is 1.68. The van der Waals surface area contributed by atoms with Crippen molar-refractivity contribution in [2.45, 2.75) is 25.7 Å². The number of pyridine rings is 1. The summed E-state index contributed by atoms with van der Waals surface area (Å²) in [6.07, 6.45) is 2.07. The van der Waals surface area contributed by atoms with Crippen molar-refractivity contribution in [2.75, 3.05) is 13.1 Å². The summed E-state index contributed by atoms with van der Waals surface area (Å²) in [7, 11) is 0. The number of amides is 1. The van der Waals surface area contributed by atoms with Crippen LogP contribution in [-0.4, -0.2) is 52.2 Å². The van der Waals surface area contributed by atoms with E-state index in [0.29, 0.717) is 24.5 Å². The number of carbonyl (C=O) groups is 2. The first-order valence-corrected chi connectivity index (χ1v) is 8.32. The van der Waals surface area contributed by atoms with Crippen molar-refractivity contribution in [3.05, 3.63) is 59.9 Å². The predicted molar refractivity (Wildman–Crippen MR) is 92.9 cm³/mol. The van der Waals surface area contributed by atoms with Gasteiger partial charge in [0.2, 0.25) is 0 Å². The molecule has 2 aromatic rings. The third-order valence-electron chi connectivity index (χ3n) is 4.03. The summed E-state index contributed by atoms with van der Waals surface area (Å²) in [5.41, 5.74) is 1.38. The number of carboxylic acid groups (broad SMARTS) is 1. The van der Waals surface area contributed by atoms with Gasteiger partial charge in [0.15, 0.2) is 6.10 Å². The van der Waals surface area contributed by atoms with E-state index in [2.05, 4.69) is 4.98 Å². The van der Waals surface area contributed by atoms with Crippen molar-refractivity contribution in [3.8, 4) is 5.75 Å². The molecule has 1 aliphatic rings. The van der Waals surface area contributed by atoms with Crippen LogP contribution in [0.3, 0.4) is 0 Å². The third-order valence-corrected chi connectivity index (χ3v) is 4.03. The summed E-state index contributed by atoms with van der Waals surface area (Å²) < 4.78 is 11.1. The second-order valence-corrected chi connectivity index (χ2v) is 6.16. The highest BCUT2D eigenvalue weighted by Crippen LogP contribution is 2.19. The van der Waals surface area contributed by atoms with Crippen LogP contribution in [0.1, 0.15) is 22.8 Å². The minimum absolute atomic E-state index is 0.0271. The quantitative estimate of drug-likeness (QED) is 0.881. The Morgan fingerprint density at radius 2 is 2.15 bits per heavy atom. The smallest absolute Gasteiger partial charge is 0.334 e. The SMILES string of the molecule is C[C@@H]1CN(C(=O)c2cccc(OCc3cccnc3)c2)CC(C(=O)O)O1. The number of rotatable bonds is 5. The number of carbonyl (C=O) groups excluding carboxylic acids is 1. The fourth-order valence-corrected chi connectivity index (χ4v) is 2.81. The van der Waals surface area contributed by atoms with Crippen molar-refractivity contribution < 1.29 is 24.2 Å². The monoisotopic (exact) mass is 356 g/mol. The molecule has 2 atom stereocenters. The average molecular weight is 356 g/mol. The maximum atomic E-state index is 12.8. The number of hydrogen-bond donors (Lipinski definition) is 1. The molecule has 2 heterocycles. The molecule has 0 aliphatic carbocycles. The van der Waals surface area contributed by atoms with E-state index in [9.17, 15) is 9.59 Å². The molecule has 0 radical (unpaired) electrons. The fourth-order valence-electron chi connectivity index (χ4n) is 2.81. The van der Waals surface area contributed by atoms with Gasteiger partial charge in [-0.15, -0.1) is 0 Å². The number of aromatic nitrogens is 1. The van der Waals surface area contributed by atoms with Crippen LogP contribution in [0, 0.1) is 0 Å². The van der Waals surface area contributed by atoms with E-state index in [-0.39, 0.29) is 18.6 Å². The Morgan fingerprint density at radius 1 is 1.31 bits per heavy atom. The van der Waals surface area contributed by atoms with Crippen LogP contribution in [0.25, 0.3) is 0 Å². The van der Waals surface area contributed by atoms with E-state index < -0.39 is 12.1 Å². The molecule has 1 aliphatic heterocycles. The Hall–Kier alpha value is -2.93. The molecule has 1 aromatic heterocycles. The number of ether oxygens (including phenoxy) is 2. The summed E-state index contributed by atoms with van der Waals surface area (Å²) in [6, 6.07) is 10.6. The molecule has 1 saturated heterocycles. The highest BCUT2D eigenvalue weighted by Gasteiger charge is 2.33. The van der Waals surface area contributed by atoms with Crippen LogP contribution < -0.4 is 4.74 Å². The van der Waals surface area contributed by atoms with E-state index in [4.69, 9.17) is 14.6 Å². The number of carboxylic acids is 1. The van der Waals surface area contributed by atoms with Crippen molar-refractivity contribution in [1.29, 1.82) is 0 Å². The first-order valence-electron chi connectivity index (χ1n) is 8.32. The maximum absolute atomic E-state index is 12.8. The Bertz CT molecular complexity index is 781. The van der Waals surface area contributed by atoms with Gasteiger partial charge in [-0.25, -0.2) is 4.79 Å². The van der Waals surface area contributed by atoms with Gasteiger partial charge >= 0.3 is 5.97 Å². The van der Waals surface area contributed by atoms with E-state index >= 15 is 0 Å². The molecule has 1 amide bonds. The molecule has 3 rings (SSSR count). The highest BCUT2D eigenvalue weighted by molar-refractivity contribution is 5.95. The molecule has 1 aromatic carbocycles. The van der Waals surface area contributed by atoms with Crippen LogP contribution in [0.4, 0.5) is 0 Å². The summed E-state index contributed by atoms with van der Waals surface area (Å²) >= 11 is 0. The summed E-state index contributed by atoms with van der Waals surface area (Å²) in [5.74, 6) is -0.739. The Labute approximate surface area is 151 Å². The van der Waals surface area contributed by atoms with Crippen LogP contribution in [0.5, 0.6) is 5.75 Å². The number of benzene rings is 1. The number of aliphatic carboxylic acids is 1. The predicted octanol–water partition coefficient (Wildman–Crippen LogP) is 1.97. The number of hydrogen-bond acceptors (Lipinski definition) is 5. The van der Waals surface area contributed by atoms with Gasteiger partial charge in [-0.05, 0) is 31.2 Å². The normalized spacial score (nSPS) is 19.8. The molecule has 0 bridgehead atoms. The minimum Gasteiger partial charge on any atom is -0.489 e. The maximum Gasteiger partial charge on any atom is 0.334 e. The van der Waals surface area contributed by atoms with Gasteiger partial charge in [-0.3, -0.25) is 9.78 Å². The Morgan fingerprint density at radius 3 is 2.88 bits per heavy atom. The first-order chi connectivity index (χ1) is 12.5. The van der Waals surface area contributed by atoms with Gasteiger partial charge in [-0.2, -0.15) is 0 Å². The van der Waals surface area contributed by atoms with E-state index in [1.165, 1.54) is 4.90 Å². The standard InChI is InChI=1S/C19H20N2O5/c1-13-10-21(11-17(26-13)19(23)24)18(22)15-5-2-6-16(8-15)25-12-14-4-3-7-20-9-14/h2-9,13,17H,10-12H2,1H3,(H,23,24)/t13-,17?/m1/s1. The van der Waals surface area contributed by atoms with Gasteiger partial charge in [0.1, 0.15) is 12.4 Å². The number of morpholine rings is 1. The topological polar surface area (TPSA) is 89.0 Å². The lowest BCUT2D eigenvalue weighted by Crippen LogP contribution is -2.51. The van der Waals surface area contributed by atoms with Crippen molar-refractivity contribution in [3.63, 3.8) is 0 Å². The molecule has 136 valence electrons. The molecule has 1 fully saturated rings. The second kappa shape index (κ2) is 7.97. The lowest BCUT2D eigenvalue weighted by atomic mass is 10.1. The highest BCUT2D eigenvalue weighted by atomic mass is 16.5. The molecular weight excluding hydrogens is 336 g/mol. The molecule has 7 heteroatoms. The van der Waals surface area contributed by atoms with Crippen LogP contribution in [0.15, 0.2) is 48.8 Å². The van der Waals surface area contributed by atoms with Gasteiger partial charge in [0.25, 0.3) is 5.91 Å². The molecule has 1 N–H and O–H groups in total. The largest absolute Gasteiger partial charge is 0.489 e. The molecule has 0 spiro atoms. The fraction of sp³-hybridized carbons (Fsp3) is 0.316. The molecule has 1 unspecified atom stereocenters. The van der Waals surface area contributed by atoms with Crippen LogP contribution in [-0.2, 0) is 16.1 Å². The molecular formula is C19H20N2O5. The zero-order valence-corrected chi connectivity index (χ0v) is 14.4. The van der Waals surface area contributed by atoms with E-state index in [1.807, 2.05) is 12.1 Å².